The monoisotopic (exact) mass is 855 g/mol. The van der Waals surface area contributed by atoms with Crippen LogP contribution in [-0.4, -0.2) is 146 Å². The van der Waals surface area contributed by atoms with Gasteiger partial charge in [0.15, 0.2) is 0 Å². The van der Waals surface area contributed by atoms with E-state index in [0.717, 1.165) is 37.1 Å². The number of allylic oxidation sites excluding steroid dienone is 1. The molecule has 0 bridgehead atoms. The minimum absolute atomic E-state index is 0.0781. The van der Waals surface area contributed by atoms with Crippen LogP contribution in [0.4, 0.5) is 9.59 Å². The highest BCUT2D eigenvalue weighted by molar-refractivity contribution is 7.87. The molecule has 1 aromatic rings. The fraction of sp³-hybridized carbons (Fsp3) is 0.690. The normalized spacial score (nSPS) is 30.1. The Morgan fingerprint density at radius 2 is 1.73 bits per heavy atom. The maximum Gasteiger partial charge on any atom is 0.410 e. The zero-order valence-corrected chi connectivity index (χ0v) is 35.9. The Morgan fingerprint density at radius 1 is 0.983 bits per heavy atom. The molecule has 1 aliphatic carbocycles. The summed E-state index contributed by atoms with van der Waals surface area (Å²) in [6.07, 6.45) is 6.66. The molecule has 6 aliphatic rings. The van der Waals surface area contributed by atoms with Crippen LogP contribution in [0.2, 0.25) is 0 Å². The zero-order valence-electron chi connectivity index (χ0n) is 35.1. The third-order valence-corrected chi connectivity index (χ3v) is 13.9. The van der Waals surface area contributed by atoms with Gasteiger partial charge in [-0.05, 0) is 76.8 Å². The topological polar surface area (TPSA) is 196 Å². The molecule has 1 aromatic carbocycles. The molecule has 5 amide bonds. The van der Waals surface area contributed by atoms with Gasteiger partial charge in [0, 0.05) is 51.6 Å². The second-order valence-corrected chi connectivity index (χ2v) is 19.6. The van der Waals surface area contributed by atoms with Gasteiger partial charge in [-0.1, -0.05) is 49.3 Å². The predicted octanol–water partition coefficient (Wildman–Crippen LogP) is 2.77. The van der Waals surface area contributed by atoms with Crippen LogP contribution in [-0.2, 0) is 45.2 Å². The van der Waals surface area contributed by atoms with E-state index in [1.54, 1.807) is 25.7 Å². The van der Waals surface area contributed by atoms with E-state index in [1.807, 2.05) is 30.4 Å². The average molecular weight is 856 g/mol. The lowest BCUT2D eigenvalue weighted by molar-refractivity contribution is -0.141. The van der Waals surface area contributed by atoms with E-state index in [9.17, 15) is 32.4 Å². The molecule has 5 aliphatic heterocycles. The number of rotatable bonds is 7. The predicted molar refractivity (Wildman–Crippen MR) is 219 cm³/mol. The smallest absolute Gasteiger partial charge is 0.410 e. The zero-order chi connectivity index (χ0) is 42.7. The van der Waals surface area contributed by atoms with Gasteiger partial charge >= 0.3 is 22.4 Å². The lowest BCUT2D eigenvalue weighted by Crippen LogP contribution is -2.59. The second kappa shape index (κ2) is 18.4. The number of amides is 5. The Balaban J connectivity index is 1.15. The van der Waals surface area contributed by atoms with Gasteiger partial charge in [0.05, 0.1) is 25.8 Å². The lowest BCUT2D eigenvalue weighted by atomic mass is 9.92. The van der Waals surface area contributed by atoms with Crippen molar-refractivity contribution in [2.75, 3.05) is 59.0 Å². The number of nitrogens with one attached hydrogen (secondary N) is 3. The van der Waals surface area contributed by atoms with Gasteiger partial charge < -0.3 is 29.7 Å². The van der Waals surface area contributed by atoms with Crippen molar-refractivity contribution < 1.29 is 46.6 Å². The van der Waals surface area contributed by atoms with Gasteiger partial charge in [-0.2, -0.15) is 12.7 Å². The Labute approximate surface area is 353 Å². The molecule has 18 heteroatoms. The molecule has 60 heavy (non-hydrogen) atoms. The molecule has 6 atom stereocenters. The van der Waals surface area contributed by atoms with Crippen LogP contribution in [0.5, 0.6) is 0 Å². The van der Waals surface area contributed by atoms with E-state index >= 15 is 0 Å². The number of ether oxygens (including phenoxy) is 3. The lowest BCUT2D eigenvalue weighted by Gasteiger charge is -2.40. The van der Waals surface area contributed by atoms with Crippen molar-refractivity contribution in [1.82, 2.24) is 34.4 Å². The Hall–Kier alpha value is -4.26. The summed E-state index contributed by atoms with van der Waals surface area (Å²) in [4.78, 5) is 75.9. The number of benzene rings is 1. The third-order valence-electron chi connectivity index (χ3n) is 12.4. The summed E-state index contributed by atoms with van der Waals surface area (Å²) in [6, 6.07) is 5.51. The van der Waals surface area contributed by atoms with Crippen LogP contribution >= 0.6 is 0 Å². The Bertz CT molecular complexity index is 1910. The molecule has 3 N–H and O–H groups in total. The fourth-order valence-electron chi connectivity index (χ4n) is 9.12. The van der Waals surface area contributed by atoms with E-state index in [-0.39, 0.29) is 31.8 Å². The molecule has 2 unspecified atom stereocenters. The summed E-state index contributed by atoms with van der Waals surface area (Å²) >= 11 is 0. The van der Waals surface area contributed by atoms with Crippen molar-refractivity contribution in [3.63, 3.8) is 0 Å². The SMILES string of the molecule is CC(C)(C)OC(=O)N[C@H]1CCCCC/C=C\[C@H]2C[C@@]2(C(=O)NS(=O)(=O)N2CCCC2)NC(=O)C2C[C@@H](OC(=O)N3CCc4ccccc4C3CN3CCOCC3)CN2C1=O. The minimum atomic E-state index is -4.16. The van der Waals surface area contributed by atoms with Gasteiger partial charge in [-0.3, -0.25) is 24.2 Å². The highest BCUT2D eigenvalue weighted by Crippen LogP contribution is 2.46. The van der Waals surface area contributed by atoms with Crippen molar-refractivity contribution in [2.45, 2.75) is 120 Å². The first-order chi connectivity index (χ1) is 28.6. The summed E-state index contributed by atoms with van der Waals surface area (Å²) in [5.74, 6) is -2.56. The number of alkyl carbamates (subject to hydrolysis) is 1. The number of carbonyl (C=O) groups excluding carboxylic acids is 5. The number of morpholine rings is 1. The van der Waals surface area contributed by atoms with E-state index in [0.29, 0.717) is 71.5 Å². The molecule has 5 heterocycles. The number of carbonyl (C=O) groups is 5. The van der Waals surface area contributed by atoms with Crippen LogP contribution in [0.1, 0.15) is 95.7 Å². The van der Waals surface area contributed by atoms with Crippen LogP contribution in [0.25, 0.3) is 0 Å². The molecule has 0 aromatic heterocycles. The standard InChI is InChI=1S/C42H61N7O10S/c1-41(2,3)59-39(53)43-33-16-8-6-4-5-7-14-30-26-42(30,38(52)45-60(55,56)47-18-11-12-19-47)44-36(50)34-25-31(27-49(34)37(33)51)58-40(54)48-20-17-29-13-9-10-15-32(29)35(48)28-46-21-23-57-24-22-46/h7,9-10,13-15,30-31,33-35H,4-6,8,11-12,16-28H2,1-3H3,(H,43,53)(H,44,50)(H,45,52)/b14-7-/t30-,31+,33-,34?,35?,42+/m0/s1. The molecular formula is C42H61N7O10S. The summed E-state index contributed by atoms with van der Waals surface area (Å²) in [6.45, 7) is 9.28. The molecule has 330 valence electrons. The van der Waals surface area contributed by atoms with Crippen LogP contribution in [0.3, 0.4) is 0 Å². The number of fused-ring (bicyclic) bond motifs is 3. The molecule has 4 fully saturated rings. The summed E-state index contributed by atoms with van der Waals surface area (Å²) < 4.78 is 47.3. The maximum absolute atomic E-state index is 14.6. The Kier molecular flexibility index (Phi) is 13.4. The van der Waals surface area contributed by atoms with Crippen LogP contribution < -0.4 is 15.4 Å². The first-order valence-electron chi connectivity index (χ1n) is 21.6. The molecule has 1 saturated carbocycles. The van der Waals surface area contributed by atoms with E-state index in [2.05, 4.69) is 26.3 Å². The van der Waals surface area contributed by atoms with Gasteiger partial charge in [-0.25, -0.2) is 14.3 Å². The van der Waals surface area contributed by atoms with Crippen molar-refractivity contribution >= 4 is 40.1 Å². The summed E-state index contributed by atoms with van der Waals surface area (Å²) in [7, 11) is -4.16. The van der Waals surface area contributed by atoms with Gasteiger partial charge in [0.2, 0.25) is 11.8 Å². The minimum Gasteiger partial charge on any atom is -0.444 e. The molecule has 7 rings (SSSR count). The summed E-state index contributed by atoms with van der Waals surface area (Å²) in [5, 5.41) is 5.61. The van der Waals surface area contributed by atoms with E-state index in [1.165, 1.54) is 9.21 Å². The number of hydrogen-bond acceptors (Lipinski definition) is 11. The average Bonchev–Trinajstić information content (AvgIpc) is 3.50. The largest absolute Gasteiger partial charge is 0.444 e. The highest BCUT2D eigenvalue weighted by Gasteiger charge is 2.62. The summed E-state index contributed by atoms with van der Waals surface area (Å²) in [5.41, 5.74) is -0.204. The van der Waals surface area contributed by atoms with E-state index in [4.69, 9.17) is 14.2 Å². The Morgan fingerprint density at radius 3 is 2.48 bits per heavy atom. The van der Waals surface area contributed by atoms with E-state index < -0.39 is 75.4 Å². The van der Waals surface area contributed by atoms with Crippen molar-refractivity contribution in [1.29, 1.82) is 0 Å². The molecule has 3 saturated heterocycles. The van der Waals surface area contributed by atoms with Crippen LogP contribution in [0, 0.1) is 5.92 Å². The third kappa shape index (κ3) is 10.3. The van der Waals surface area contributed by atoms with Crippen molar-refractivity contribution in [2.24, 2.45) is 5.92 Å². The molecule has 0 spiro atoms. The van der Waals surface area contributed by atoms with Crippen molar-refractivity contribution in [3.05, 3.63) is 47.5 Å². The molecular weight excluding hydrogens is 795 g/mol. The maximum atomic E-state index is 14.6. The fourth-order valence-corrected chi connectivity index (χ4v) is 10.4. The number of nitrogens with zero attached hydrogens (tertiary/aromatic N) is 4. The first-order valence-corrected chi connectivity index (χ1v) is 23.0. The highest BCUT2D eigenvalue weighted by atomic mass is 32.2. The number of hydrogen-bond donors (Lipinski definition) is 3. The quantitative estimate of drug-likeness (QED) is 0.342. The van der Waals surface area contributed by atoms with Crippen molar-refractivity contribution in [3.8, 4) is 0 Å². The van der Waals surface area contributed by atoms with Crippen LogP contribution in [0.15, 0.2) is 36.4 Å². The second-order valence-electron chi connectivity index (χ2n) is 17.9. The van der Waals surface area contributed by atoms with Gasteiger partial charge in [0.1, 0.15) is 29.3 Å². The first kappa shape index (κ1) is 43.8. The molecule has 0 radical (unpaired) electrons. The van der Waals surface area contributed by atoms with Gasteiger partial charge in [0.25, 0.3) is 5.91 Å². The molecule has 17 nitrogen and oxygen atoms in total. The van der Waals surface area contributed by atoms with Gasteiger partial charge in [-0.15, -0.1) is 0 Å².